The van der Waals surface area contributed by atoms with E-state index in [0.29, 0.717) is 23.2 Å². The Morgan fingerprint density at radius 3 is 2.88 bits per heavy atom. The van der Waals surface area contributed by atoms with Crippen LogP contribution in [0.2, 0.25) is 0 Å². The van der Waals surface area contributed by atoms with Crippen molar-refractivity contribution in [2.45, 2.75) is 13.5 Å². The predicted molar refractivity (Wildman–Crippen MR) is 99.9 cm³/mol. The van der Waals surface area contributed by atoms with Crippen molar-refractivity contribution in [2.75, 3.05) is 7.11 Å². The molecule has 132 valence electrons. The fourth-order valence-corrected chi connectivity index (χ4v) is 2.72. The lowest BCUT2D eigenvalue weighted by atomic mass is 10.0. The molecule has 26 heavy (non-hydrogen) atoms. The number of nitrogens with one attached hydrogen (secondary N) is 1. The number of carbonyl (C=O) groups is 1. The largest absolute Gasteiger partial charge is 0.465 e. The second-order valence-electron chi connectivity index (χ2n) is 5.75. The van der Waals surface area contributed by atoms with Crippen LogP contribution in [0.1, 0.15) is 28.7 Å². The molecule has 0 bridgehead atoms. The van der Waals surface area contributed by atoms with Gasteiger partial charge in [0.25, 0.3) is 5.56 Å². The lowest BCUT2D eigenvalue weighted by Crippen LogP contribution is -2.14. The standard InChI is InChI=1S/C20H19N3O3/c1-3-5-17-11-21-13-23(17)12-16-8-9-18(19(24)22-16)14-6-4-7-15(10-14)20(25)26-2/h3-11,13H,12H2,1-2H3,(H,22,24)/b5-3+. The normalized spacial score (nSPS) is 11.0. The van der Waals surface area contributed by atoms with Gasteiger partial charge in [0.15, 0.2) is 0 Å². The van der Waals surface area contributed by atoms with Crippen molar-refractivity contribution in [3.8, 4) is 11.1 Å². The van der Waals surface area contributed by atoms with Gasteiger partial charge in [-0.1, -0.05) is 18.2 Å². The van der Waals surface area contributed by atoms with Gasteiger partial charge in [0.1, 0.15) is 0 Å². The monoisotopic (exact) mass is 349 g/mol. The number of benzene rings is 1. The van der Waals surface area contributed by atoms with Crippen LogP contribution in [0.3, 0.4) is 0 Å². The fourth-order valence-electron chi connectivity index (χ4n) is 2.72. The van der Waals surface area contributed by atoms with Gasteiger partial charge in [-0.15, -0.1) is 0 Å². The van der Waals surface area contributed by atoms with Gasteiger partial charge in [-0.2, -0.15) is 0 Å². The lowest BCUT2D eigenvalue weighted by Gasteiger charge is -2.08. The molecule has 0 amide bonds. The van der Waals surface area contributed by atoms with Crippen LogP contribution in [0.15, 0.2) is 59.8 Å². The third kappa shape index (κ3) is 3.64. The molecule has 0 spiro atoms. The Hall–Kier alpha value is -3.41. The number of nitrogens with zero attached hydrogens (tertiary/aromatic N) is 2. The molecular weight excluding hydrogens is 330 g/mol. The maximum atomic E-state index is 12.5. The highest BCUT2D eigenvalue weighted by atomic mass is 16.5. The van der Waals surface area contributed by atoms with Gasteiger partial charge in [-0.25, -0.2) is 9.78 Å². The van der Waals surface area contributed by atoms with Crippen molar-refractivity contribution < 1.29 is 9.53 Å². The van der Waals surface area contributed by atoms with Crippen LogP contribution in [-0.4, -0.2) is 27.6 Å². The molecule has 2 aromatic heterocycles. The van der Waals surface area contributed by atoms with Crippen molar-refractivity contribution in [3.63, 3.8) is 0 Å². The topological polar surface area (TPSA) is 77.0 Å². The zero-order valence-electron chi connectivity index (χ0n) is 14.6. The summed E-state index contributed by atoms with van der Waals surface area (Å²) < 4.78 is 6.67. The van der Waals surface area contributed by atoms with E-state index < -0.39 is 5.97 Å². The molecule has 0 unspecified atom stereocenters. The second kappa shape index (κ2) is 7.65. The first-order valence-electron chi connectivity index (χ1n) is 8.16. The average molecular weight is 349 g/mol. The minimum absolute atomic E-state index is 0.211. The number of allylic oxidation sites excluding steroid dienone is 1. The van der Waals surface area contributed by atoms with E-state index in [1.807, 2.05) is 29.7 Å². The Balaban J connectivity index is 1.90. The summed E-state index contributed by atoms with van der Waals surface area (Å²) in [5.41, 5.74) is 3.09. The Kier molecular flexibility index (Phi) is 5.12. The molecule has 1 N–H and O–H groups in total. The number of esters is 1. The Morgan fingerprint density at radius 1 is 1.31 bits per heavy atom. The quantitative estimate of drug-likeness (QED) is 0.718. The van der Waals surface area contributed by atoms with Crippen LogP contribution < -0.4 is 5.56 Å². The van der Waals surface area contributed by atoms with Crippen molar-refractivity contribution in [1.82, 2.24) is 14.5 Å². The minimum Gasteiger partial charge on any atom is -0.465 e. The van der Waals surface area contributed by atoms with Gasteiger partial charge in [-0.05, 0) is 42.8 Å². The number of aromatic nitrogens is 3. The van der Waals surface area contributed by atoms with Gasteiger partial charge in [0, 0.05) is 11.3 Å². The summed E-state index contributed by atoms with van der Waals surface area (Å²) in [5.74, 6) is -0.434. The van der Waals surface area contributed by atoms with Gasteiger partial charge >= 0.3 is 5.97 Å². The molecule has 3 rings (SSSR count). The molecule has 0 aliphatic rings. The molecule has 0 radical (unpaired) electrons. The molecular formula is C20H19N3O3. The van der Waals surface area contributed by atoms with E-state index in [2.05, 4.69) is 9.97 Å². The highest BCUT2D eigenvalue weighted by Crippen LogP contribution is 2.18. The molecule has 0 aliphatic carbocycles. The van der Waals surface area contributed by atoms with Crippen molar-refractivity contribution in [2.24, 2.45) is 0 Å². The highest BCUT2D eigenvalue weighted by molar-refractivity contribution is 5.90. The third-order valence-electron chi connectivity index (χ3n) is 3.99. The number of hydrogen-bond acceptors (Lipinski definition) is 4. The summed E-state index contributed by atoms with van der Waals surface area (Å²) in [7, 11) is 1.33. The Labute approximate surface area is 150 Å². The number of imidazole rings is 1. The summed E-state index contributed by atoms with van der Waals surface area (Å²) in [6.45, 7) is 2.45. The molecule has 0 saturated carbocycles. The van der Waals surface area contributed by atoms with Crippen molar-refractivity contribution in [3.05, 3.63) is 82.3 Å². The number of ether oxygens (including phenoxy) is 1. The van der Waals surface area contributed by atoms with Crippen molar-refractivity contribution in [1.29, 1.82) is 0 Å². The summed E-state index contributed by atoms with van der Waals surface area (Å²) >= 11 is 0. The van der Waals surface area contributed by atoms with Gasteiger partial charge in [0.2, 0.25) is 0 Å². The summed E-state index contributed by atoms with van der Waals surface area (Å²) in [5, 5.41) is 0. The molecule has 6 nitrogen and oxygen atoms in total. The smallest absolute Gasteiger partial charge is 0.337 e. The molecule has 0 saturated heterocycles. The molecule has 0 aliphatic heterocycles. The first kappa shape index (κ1) is 17.4. The zero-order valence-corrected chi connectivity index (χ0v) is 14.6. The highest BCUT2D eigenvalue weighted by Gasteiger charge is 2.10. The third-order valence-corrected chi connectivity index (χ3v) is 3.99. The molecule has 2 heterocycles. The Bertz CT molecular complexity index is 1010. The molecule has 0 atom stereocenters. The first-order chi connectivity index (χ1) is 12.6. The average Bonchev–Trinajstić information content (AvgIpc) is 3.08. The molecule has 3 aromatic rings. The maximum Gasteiger partial charge on any atom is 0.337 e. The predicted octanol–water partition coefficient (Wildman–Crippen LogP) is 3.11. The number of rotatable bonds is 5. The van der Waals surface area contributed by atoms with Gasteiger partial charge in [-0.3, -0.25) is 4.79 Å². The van der Waals surface area contributed by atoms with E-state index in [0.717, 1.165) is 11.4 Å². The van der Waals surface area contributed by atoms with Crippen LogP contribution in [0, 0.1) is 0 Å². The van der Waals surface area contributed by atoms with E-state index in [9.17, 15) is 9.59 Å². The molecule has 0 fully saturated rings. The molecule has 1 aromatic carbocycles. The van der Waals surface area contributed by atoms with E-state index in [-0.39, 0.29) is 5.56 Å². The number of carbonyl (C=O) groups excluding carboxylic acids is 1. The van der Waals surface area contributed by atoms with Crippen LogP contribution in [-0.2, 0) is 11.3 Å². The van der Waals surface area contributed by atoms with E-state index in [1.54, 1.807) is 42.9 Å². The summed E-state index contributed by atoms with van der Waals surface area (Å²) in [4.78, 5) is 31.2. The summed E-state index contributed by atoms with van der Waals surface area (Å²) in [6.07, 6.45) is 7.39. The zero-order chi connectivity index (χ0) is 18.5. The molecule has 6 heteroatoms. The van der Waals surface area contributed by atoms with Gasteiger partial charge in [0.05, 0.1) is 37.4 Å². The minimum atomic E-state index is -0.434. The van der Waals surface area contributed by atoms with Crippen LogP contribution in [0.25, 0.3) is 17.2 Å². The number of pyridine rings is 1. The van der Waals surface area contributed by atoms with E-state index in [4.69, 9.17) is 4.74 Å². The van der Waals surface area contributed by atoms with E-state index in [1.165, 1.54) is 7.11 Å². The fraction of sp³-hybridized carbons (Fsp3) is 0.150. The maximum absolute atomic E-state index is 12.5. The first-order valence-corrected chi connectivity index (χ1v) is 8.16. The van der Waals surface area contributed by atoms with Crippen LogP contribution >= 0.6 is 0 Å². The lowest BCUT2D eigenvalue weighted by molar-refractivity contribution is 0.0601. The van der Waals surface area contributed by atoms with Crippen LogP contribution in [0.5, 0.6) is 0 Å². The Morgan fingerprint density at radius 2 is 2.15 bits per heavy atom. The van der Waals surface area contributed by atoms with Gasteiger partial charge < -0.3 is 14.3 Å². The number of methoxy groups -OCH3 is 1. The number of hydrogen-bond donors (Lipinski definition) is 1. The number of aromatic amines is 1. The van der Waals surface area contributed by atoms with Crippen LogP contribution in [0.4, 0.5) is 0 Å². The van der Waals surface area contributed by atoms with E-state index >= 15 is 0 Å². The summed E-state index contributed by atoms with van der Waals surface area (Å²) in [6, 6.07) is 10.4. The van der Waals surface area contributed by atoms with Crippen molar-refractivity contribution >= 4 is 12.0 Å². The number of H-pyrrole nitrogens is 1. The second-order valence-corrected chi connectivity index (χ2v) is 5.75. The SMILES string of the molecule is C/C=C/c1cncn1Cc1ccc(-c2cccc(C(=O)OC)c2)c(=O)[nH]1.